The van der Waals surface area contributed by atoms with Crippen LogP contribution in [-0.2, 0) is 6.54 Å². The molecule has 2 aromatic rings. The number of aromatic nitrogens is 1. The SMILES string of the molecule is Cc1cc(Cl)c(C(C)C)cc1Oc1ccc(CN)cn1. The van der Waals surface area contributed by atoms with Crippen molar-refractivity contribution in [3.63, 3.8) is 0 Å². The molecule has 0 saturated heterocycles. The third-order valence-electron chi connectivity index (χ3n) is 3.16. The van der Waals surface area contributed by atoms with Gasteiger partial charge in [0.25, 0.3) is 0 Å². The second-order valence-electron chi connectivity index (χ2n) is 5.10. The van der Waals surface area contributed by atoms with Gasteiger partial charge in [0.15, 0.2) is 0 Å². The van der Waals surface area contributed by atoms with Gasteiger partial charge < -0.3 is 10.5 Å². The van der Waals surface area contributed by atoms with Gasteiger partial charge in [-0.25, -0.2) is 4.98 Å². The van der Waals surface area contributed by atoms with Crippen molar-refractivity contribution in [2.24, 2.45) is 5.73 Å². The van der Waals surface area contributed by atoms with Crippen LogP contribution in [0.3, 0.4) is 0 Å². The summed E-state index contributed by atoms with van der Waals surface area (Å²) in [6.07, 6.45) is 1.73. The summed E-state index contributed by atoms with van der Waals surface area (Å²) >= 11 is 6.25. The summed E-state index contributed by atoms with van der Waals surface area (Å²) in [7, 11) is 0. The Balaban J connectivity index is 2.30. The third kappa shape index (κ3) is 3.30. The molecule has 0 fully saturated rings. The molecule has 0 spiro atoms. The van der Waals surface area contributed by atoms with E-state index in [1.165, 1.54) is 0 Å². The fourth-order valence-corrected chi connectivity index (χ4v) is 2.36. The Labute approximate surface area is 124 Å². The molecule has 0 atom stereocenters. The van der Waals surface area contributed by atoms with Gasteiger partial charge in [0.2, 0.25) is 5.88 Å². The van der Waals surface area contributed by atoms with Gasteiger partial charge in [-0.15, -0.1) is 0 Å². The van der Waals surface area contributed by atoms with Crippen LogP contribution < -0.4 is 10.5 Å². The molecule has 1 aromatic carbocycles. The normalized spacial score (nSPS) is 10.9. The lowest BCUT2D eigenvalue weighted by Crippen LogP contribution is -1.98. The van der Waals surface area contributed by atoms with Crippen molar-refractivity contribution < 1.29 is 4.74 Å². The number of rotatable bonds is 4. The van der Waals surface area contributed by atoms with Gasteiger partial charge in [-0.2, -0.15) is 0 Å². The first-order valence-electron chi connectivity index (χ1n) is 6.64. The average molecular weight is 291 g/mol. The fourth-order valence-electron chi connectivity index (χ4n) is 1.93. The zero-order chi connectivity index (χ0) is 14.7. The van der Waals surface area contributed by atoms with E-state index in [1.54, 1.807) is 6.20 Å². The van der Waals surface area contributed by atoms with Crippen LogP contribution in [0.5, 0.6) is 11.6 Å². The molecule has 0 unspecified atom stereocenters. The minimum atomic E-state index is 0.345. The third-order valence-corrected chi connectivity index (χ3v) is 3.49. The van der Waals surface area contributed by atoms with E-state index in [-0.39, 0.29) is 0 Å². The molecule has 2 N–H and O–H groups in total. The predicted octanol–water partition coefficient (Wildman–Crippen LogP) is 4.42. The van der Waals surface area contributed by atoms with Gasteiger partial charge in [0.1, 0.15) is 5.75 Å². The molecule has 106 valence electrons. The van der Waals surface area contributed by atoms with Crippen molar-refractivity contribution in [3.8, 4) is 11.6 Å². The maximum absolute atomic E-state index is 6.25. The van der Waals surface area contributed by atoms with Crippen LogP contribution in [0.2, 0.25) is 5.02 Å². The summed E-state index contributed by atoms with van der Waals surface area (Å²) in [4.78, 5) is 4.25. The van der Waals surface area contributed by atoms with Crippen molar-refractivity contribution >= 4 is 11.6 Å². The monoisotopic (exact) mass is 290 g/mol. The second kappa shape index (κ2) is 6.25. The first-order chi connectivity index (χ1) is 9.51. The number of hydrogen-bond acceptors (Lipinski definition) is 3. The molecule has 0 aliphatic rings. The van der Waals surface area contributed by atoms with Gasteiger partial charge in [0.05, 0.1) is 0 Å². The van der Waals surface area contributed by atoms with Gasteiger partial charge in [-0.3, -0.25) is 0 Å². The maximum atomic E-state index is 6.25. The molecule has 4 heteroatoms. The summed E-state index contributed by atoms with van der Waals surface area (Å²) in [6, 6.07) is 7.66. The van der Waals surface area contributed by atoms with Crippen molar-refractivity contribution in [3.05, 3.63) is 52.2 Å². The summed E-state index contributed by atoms with van der Waals surface area (Å²) in [6.45, 7) is 6.66. The quantitative estimate of drug-likeness (QED) is 0.907. The number of halogens is 1. The predicted molar refractivity (Wildman–Crippen MR) is 82.5 cm³/mol. The lowest BCUT2D eigenvalue weighted by Gasteiger charge is -2.14. The van der Waals surface area contributed by atoms with E-state index in [2.05, 4.69) is 18.8 Å². The second-order valence-corrected chi connectivity index (χ2v) is 5.51. The zero-order valence-corrected chi connectivity index (χ0v) is 12.7. The Hall–Kier alpha value is -1.58. The van der Waals surface area contributed by atoms with Crippen molar-refractivity contribution in [2.75, 3.05) is 0 Å². The van der Waals surface area contributed by atoms with Gasteiger partial charge in [-0.1, -0.05) is 31.5 Å². The maximum Gasteiger partial charge on any atom is 0.219 e. The smallest absolute Gasteiger partial charge is 0.219 e. The minimum Gasteiger partial charge on any atom is -0.439 e. The van der Waals surface area contributed by atoms with Crippen LogP contribution in [0, 0.1) is 6.92 Å². The Bertz CT molecular complexity index is 594. The first-order valence-corrected chi connectivity index (χ1v) is 7.02. The Morgan fingerprint density at radius 2 is 2.05 bits per heavy atom. The molecule has 20 heavy (non-hydrogen) atoms. The standard InChI is InChI=1S/C16H19ClN2O/c1-10(2)13-7-15(11(3)6-14(13)17)20-16-5-4-12(8-18)9-19-16/h4-7,9-10H,8,18H2,1-3H3. The molecule has 1 aromatic heterocycles. The highest BCUT2D eigenvalue weighted by molar-refractivity contribution is 6.31. The lowest BCUT2D eigenvalue weighted by molar-refractivity contribution is 0.458. The molecule has 0 radical (unpaired) electrons. The fraction of sp³-hybridized carbons (Fsp3) is 0.312. The molecule has 0 aliphatic heterocycles. The summed E-state index contributed by atoms with van der Waals surface area (Å²) < 4.78 is 5.84. The summed E-state index contributed by atoms with van der Waals surface area (Å²) in [5.74, 6) is 1.69. The van der Waals surface area contributed by atoms with E-state index < -0.39 is 0 Å². The van der Waals surface area contributed by atoms with Crippen LogP contribution in [0.15, 0.2) is 30.5 Å². The van der Waals surface area contributed by atoms with Crippen LogP contribution in [0.25, 0.3) is 0 Å². The first kappa shape index (κ1) is 14.8. The number of pyridine rings is 1. The molecule has 0 aliphatic carbocycles. The van der Waals surface area contributed by atoms with E-state index in [4.69, 9.17) is 22.1 Å². The molecule has 2 rings (SSSR count). The molecule has 0 amide bonds. The number of ether oxygens (including phenoxy) is 1. The number of benzene rings is 1. The number of aryl methyl sites for hydroxylation is 1. The van der Waals surface area contributed by atoms with Gasteiger partial charge in [-0.05, 0) is 41.7 Å². The highest BCUT2D eigenvalue weighted by atomic mass is 35.5. The lowest BCUT2D eigenvalue weighted by atomic mass is 10.0. The highest BCUT2D eigenvalue weighted by Gasteiger charge is 2.11. The molecule has 0 saturated carbocycles. The van der Waals surface area contributed by atoms with Crippen LogP contribution in [0.1, 0.15) is 36.5 Å². The highest BCUT2D eigenvalue weighted by Crippen LogP contribution is 2.33. The van der Waals surface area contributed by atoms with Crippen molar-refractivity contribution in [1.82, 2.24) is 4.98 Å². The van der Waals surface area contributed by atoms with Gasteiger partial charge in [0, 0.05) is 23.8 Å². The molecule has 3 nitrogen and oxygen atoms in total. The van der Waals surface area contributed by atoms with Crippen molar-refractivity contribution in [2.45, 2.75) is 33.2 Å². The molecule has 0 bridgehead atoms. The number of nitrogens with zero attached hydrogens (tertiary/aromatic N) is 1. The van der Waals surface area contributed by atoms with Crippen molar-refractivity contribution in [1.29, 1.82) is 0 Å². The van der Waals surface area contributed by atoms with Gasteiger partial charge >= 0.3 is 0 Å². The zero-order valence-electron chi connectivity index (χ0n) is 12.0. The van der Waals surface area contributed by atoms with E-state index >= 15 is 0 Å². The minimum absolute atomic E-state index is 0.345. The summed E-state index contributed by atoms with van der Waals surface area (Å²) in [5.41, 5.74) is 8.60. The number of hydrogen-bond donors (Lipinski definition) is 1. The Morgan fingerprint density at radius 3 is 2.60 bits per heavy atom. The van der Waals surface area contributed by atoms with E-state index in [9.17, 15) is 0 Å². The number of nitrogens with two attached hydrogens (primary N) is 1. The Morgan fingerprint density at radius 1 is 1.30 bits per heavy atom. The summed E-state index contributed by atoms with van der Waals surface area (Å²) in [5, 5.41) is 0.774. The van der Waals surface area contributed by atoms with Crippen LogP contribution in [0.4, 0.5) is 0 Å². The van der Waals surface area contributed by atoms with E-state index in [0.717, 1.165) is 27.5 Å². The van der Waals surface area contributed by atoms with E-state index in [1.807, 2.05) is 31.2 Å². The molecular formula is C16H19ClN2O. The largest absolute Gasteiger partial charge is 0.439 e. The topological polar surface area (TPSA) is 48.1 Å². The van der Waals surface area contributed by atoms with E-state index in [0.29, 0.717) is 18.3 Å². The van der Waals surface area contributed by atoms with Crippen LogP contribution >= 0.6 is 11.6 Å². The Kier molecular flexibility index (Phi) is 4.63. The molecular weight excluding hydrogens is 272 g/mol. The average Bonchev–Trinajstić information content (AvgIpc) is 2.42. The molecule has 1 heterocycles. The van der Waals surface area contributed by atoms with Crippen LogP contribution in [-0.4, -0.2) is 4.98 Å².